The van der Waals surface area contributed by atoms with Crippen LogP contribution in [0.2, 0.25) is 13.1 Å². The van der Waals surface area contributed by atoms with Crippen molar-refractivity contribution >= 4 is 15.4 Å². The molecule has 0 saturated heterocycles. The first kappa shape index (κ1) is 30.4. The third-order valence-corrected chi connectivity index (χ3v) is 3.33. The molecule has 2 rings (SSSR count). The van der Waals surface area contributed by atoms with Crippen molar-refractivity contribution < 1.29 is 51.3 Å². The van der Waals surface area contributed by atoms with Gasteiger partial charge in [-0.3, -0.25) is 6.08 Å². The van der Waals surface area contributed by atoms with Crippen molar-refractivity contribution in [3.8, 4) is 0 Å². The molecule has 22 heavy (non-hydrogen) atoms. The second-order valence-electron chi connectivity index (χ2n) is 5.27. The van der Waals surface area contributed by atoms with Crippen LogP contribution in [0, 0.1) is 12.0 Å². The van der Waals surface area contributed by atoms with Crippen LogP contribution in [0.15, 0.2) is 17.2 Å². The van der Waals surface area contributed by atoms with E-state index in [1.807, 2.05) is 0 Å². The summed E-state index contributed by atoms with van der Waals surface area (Å²) in [6, 6.07) is 0. The molecule has 1 saturated carbocycles. The molecule has 2 nitrogen and oxygen atoms in total. The summed E-state index contributed by atoms with van der Waals surface area (Å²) < 4.78 is 0. The van der Waals surface area contributed by atoms with Gasteiger partial charge in [0.15, 0.2) is 0 Å². The van der Waals surface area contributed by atoms with Crippen LogP contribution in [0.4, 0.5) is 0 Å². The van der Waals surface area contributed by atoms with E-state index in [4.69, 9.17) is 5.73 Å². The average molecular weight is 397 g/mol. The summed E-state index contributed by atoms with van der Waals surface area (Å²) in [6.07, 6.45) is 11.7. The fraction of sp³-hybridized carbons (Fsp3) is 0.688. The summed E-state index contributed by atoms with van der Waals surface area (Å²) in [7, 11) is 0.750. The largest absolute Gasteiger partial charge is 4.00 e. The topological polar surface area (TPSA) is 40.9 Å². The van der Waals surface area contributed by atoms with Crippen molar-refractivity contribution in [3.05, 3.63) is 29.0 Å². The first-order valence-electron chi connectivity index (χ1n) is 7.25. The normalized spacial score (nSPS) is 15.8. The van der Waals surface area contributed by atoms with Crippen molar-refractivity contribution in [2.45, 2.75) is 65.5 Å². The molecule has 1 fully saturated rings. The predicted octanol–water partition coefficient (Wildman–Crippen LogP) is -1.24. The fourth-order valence-corrected chi connectivity index (χ4v) is 1.98. The number of hydrogen-bond acceptors (Lipinski definition) is 1. The summed E-state index contributed by atoms with van der Waals surface area (Å²) >= 11 is 0. The molecule has 0 aromatic rings. The van der Waals surface area contributed by atoms with Crippen LogP contribution >= 0.6 is 0 Å². The van der Waals surface area contributed by atoms with Gasteiger partial charge < -0.3 is 35.3 Å². The molecule has 0 heterocycles. The Morgan fingerprint density at radius 2 is 1.64 bits per heavy atom. The molecule has 2 aliphatic carbocycles. The Bertz CT molecular complexity index is 330. The SMILES string of the molecule is CC1=C(C)C[C-]=C1.C[SiH]C.[Cl-].[Cl-].[NH-]C(=O)C1CCCCC1.[Ti+4]. The van der Waals surface area contributed by atoms with E-state index in [9.17, 15) is 4.79 Å². The van der Waals surface area contributed by atoms with Gasteiger partial charge in [0.25, 0.3) is 0 Å². The molecule has 1 radical (unpaired) electrons. The number of amides is 1. The Kier molecular flexibility index (Phi) is 26.9. The Hall–Kier alpha value is 0.461. The van der Waals surface area contributed by atoms with Gasteiger partial charge in [-0.05, 0) is 12.8 Å². The number of hydrogen-bond donors (Lipinski definition) is 0. The van der Waals surface area contributed by atoms with Gasteiger partial charge in [-0.15, -0.1) is 13.3 Å². The van der Waals surface area contributed by atoms with Crippen molar-refractivity contribution in [2.24, 2.45) is 5.92 Å². The molecule has 0 unspecified atom stereocenters. The summed E-state index contributed by atoms with van der Waals surface area (Å²) in [5, 5.41) is 0. The molecule has 0 aromatic carbocycles. The van der Waals surface area contributed by atoms with Crippen molar-refractivity contribution in [3.63, 3.8) is 0 Å². The Morgan fingerprint density at radius 3 is 1.82 bits per heavy atom. The second kappa shape index (κ2) is 19.5. The number of halogens is 2. The van der Waals surface area contributed by atoms with Crippen LogP contribution in [0.25, 0.3) is 5.73 Å². The third-order valence-electron chi connectivity index (χ3n) is 3.33. The van der Waals surface area contributed by atoms with E-state index < -0.39 is 0 Å². The summed E-state index contributed by atoms with van der Waals surface area (Å²) in [5.41, 5.74) is 9.68. The van der Waals surface area contributed by atoms with Crippen molar-refractivity contribution in [2.75, 3.05) is 0 Å². The van der Waals surface area contributed by atoms with Gasteiger partial charge in [0.2, 0.25) is 0 Å². The number of allylic oxidation sites excluding steroid dienone is 4. The van der Waals surface area contributed by atoms with E-state index in [2.05, 4.69) is 39.1 Å². The molecule has 2 aliphatic rings. The van der Waals surface area contributed by atoms with E-state index in [0.29, 0.717) is 0 Å². The molecule has 0 spiro atoms. The van der Waals surface area contributed by atoms with Gasteiger partial charge >= 0.3 is 21.7 Å². The van der Waals surface area contributed by atoms with Gasteiger partial charge in [0.05, 0.1) is 5.91 Å². The summed E-state index contributed by atoms with van der Waals surface area (Å²) in [5.74, 6) is -0.270. The van der Waals surface area contributed by atoms with Crippen molar-refractivity contribution in [1.29, 1.82) is 0 Å². The average Bonchev–Trinajstić information content (AvgIpc) is 2.76. The molecule has 125 valence electrons. The maximum absolute atomic E-state index is 10.5. The maximum Gasteiger partial charge on any atom is 4.00 e. The molecule has 6 heteroatoms. The monoisotopic (exact) mass is 396 g/mol. The van der Waals surface area contributed by atoms with E-state index in [1.54, 1.807) is 0 Å². The zero-order valence-corrected chi connectivity index (χ0v) is 18.4. The van der Waals surface area contributed by atoms with Gasteiger partial charge in [0.1, 0.15) is 0 Å². The van der Waals surface area contributed by atoms with Crippen LogP contribution in [-0.2, 0) is 26.5 Å². The van der Waals surface area contributed by atoms with Crippen LogP contribution in [0.3, 0.4) is 0 Å². The predicted molar refractivity (Wildman–Crippen MR) is 85.6 cm³/mol. The summed E-state index contributed by atoms with van der Waals surface area (Å²) in [6.45, 7) is 8.68. The van der Waals surface area contributed by atoms with Crippen LogP contribution in [0.5, 0.6) is 0 Å². The number of carbonyl (C=O) groups is 1. The molecular formula is C16H28Cl2NOSiTi. The minimum Gasteiger partial charge on any atom is -1.00 e. The molecule has 1 N–H and O–H groups in total. The Balaban J connectivity index is -0.000000114. The third kappa shape index (κ3) is 15.4. The molecule has 1 amide bonds. The van der Waals surface area contributed by atoms with E-state index >= 15 is 0 Å². The zero-order chi connectivity index (χ0) is 14.7. The van der Waals surface area contributed by atoms with Crippen LogP contribution in [0.1, 0.15) is 52.4 Å². The first-order valence-corrected chi connectivity index (χ1v) is 9.56. The number of carbonyl (C=O) groups excluding carboxylic acids is 1. The second-order valence-corrected chi connectivity index (χ2v) is 6.42. The maximum atomic E-state index is 10.5. The smallest absolute Gasteiger partial charge is 1.00 e. The quantitative estimate of drug-likeness (QED) is 0.403. The Morgan fingerprint density at radius 1 is 1.18 bits per heavy atom. The minimum absolute atomic E-state index is 0. The van der Waals surface area contributed by atoms with Gasteiger partial charge in [-0.25, -0.2) is 11.6 Å². The number of rotatable bonds is 1. The molecule has 0 aromatic heterocycles. The first-order chi connectivity index (χ1) is 9.02. The molecule has 0 atom stereocenters. The van der Waals surface area contributed by atoms with Crippen LogP contribution in [-0.4, -0.2) is 15.4 Å². The fourth-order valence-electron chi connectivity index (χ4n) is 1.98. The summed E-state index contributed by atoms with van der Waals surface area (Å²) in [4.78, 5) is 10.5. The van der Waals surface area contributed by atoms with Crippen molar-refractivity contribution in [1.82, 2.24) is 0 Å². The standard InChI is InChI=1S/C7H13NO.C7H9.C2H7Si.2ClH.Ti/c8-7(9)6-4-2-1-3-5-6;1-6-4-3-5-7(6)2;1-3-2;;;/h6H,1-5H2,(H2,8,9);4H,5H2,1-2H3;3H,1-2H3;2*1H;/q;-1;;;;+4/p-3. The minimum atomic E-state index is -0.352. The van der Waals surface area contributed by atoms with E-state index in [1.165, 1.54) is 17.6 Å². The van der Waals surface area contributed by atoms with Gasteiger partial charge in [0, 0.05) is 15.4 Å². The molecule has 0 bridgehead atoms. The van der Waals surface area contributed by atoms with Gasteiger partial charge in [-0.1, -0.05) is 39.3 Å². The van der Waals surface area contributed by atoms with E-state index in [0.717, 1.165) is 41.6 Å². The van der Waals surface area contributed by atoms with E-state index in [-0.39, 0.29) is 58.4 Å². The number of nitrogens with one attached hydrogen (secondary N) is 1. The zero-order valence-electron chi connectivity index (χ0n) is 14.1. The van der Waals surface area contributed by atoms with Crippen LogP contribution < -0.4 is 24.8 Å². The Labute approximate surface area is 166 Å². The van der Waals surface area contributed by atoms with Gasteiger partial charge in [-0.2, -0.15) is 5.57 Å². The molecule has 0 aliphatic heterocycles. The molecular weight excluding hydrogens is 369 g/mol.